The second-order valence-electron chi connectivity index (χ2n) is 7.79. The summed E-state index contributed by atoms with van der Waals surface area (Å²) in [7, 11) is 0. The van der Waals surface area contributed by atoms with Gasteiger partial charge in [0.2, 0.25) is 0 Å². The number of nitrogens with zero attached hydrogens (tertiary/aromatic N) is 1. The molecular formula is C21H41NO2. The molecule has 0 atom stereocenters. The van der Waals surface area contributed by atoms with Crippen LogP contribution >= 0.6 is 0 Å². The van der Waals surface area contributed by atoms with Crippen LogP contribution in [0.2, 0.25) is 0 Å². The minimum atomic E-state index is -0.00428. The largest absolute Gasteiger partial charge is 0.466 e. The lowest BCUT2D eigenvalue weighted by Gasteiger charge is -2.39. The van der Waals surface area contributed by atoms with E-state index in [-0.39, 0.29) is 5.97 Å². The Morgan fingerprint density at radius 2 is 1.58 bits per heavy atom. The predicted octanol–water partition coefficient (Wildman–Crippen LogP) is 5.57. The molecule has 1 aliphatic carbocycles. The zero-order valence-electron chi connectivity index (χ0n) is 16.6. The van der Waals surface area contributed by atoms with Crippen molar-refractivity contribution in [1.29, 1.82) is 0 Å². The molecule has 0 bridgehead atoms. The fraction of sp³-hybridized carbons (Fsp3) is 0.952. The highest BCUT2D eigenvalue weighted by Crippen LogP contribution is 2.46. The predicted molar refractivity (Wildman–Crippen MR) is 102 cm³/mol. The van der Waals surface area contributed by atoms with Gasteiger partial charge in [0.1, 0.15) is 0 Å². The van der Waals surface area contributed by atoms with Crippen LogP contribution in [0.15, 0.2) is 0 Å². The third kappa shape index (κ3) is 8.50. The number of hydrogen-bond donors (Lipinski definition) is 0. The number of likely N-dealkylation sites (tertiary alicyclic amines) is 1. The summed E-state index contributed by atoms with van der Waals surface area (Å²) in [4.78, 5) is 14.2. The normalized spacial score (nSPS) is 19.8. The smallest absolute Gasteiger partial charge is 0.305 e. The van der Waals surface area contributed by atoms with Crippen molar-refractivity contribution < 1.29 is 9.53 Å². The van der Waals surface area contributed by atoms with Gasteiger partial charge in [-0.2, -0.15) is 0 Å². The van der Waals surface area contributed by atoms with Crippen LogP contribution in [0.1, 0.15) is 97.8 Å². The van der Waals surface area contributed by atoms with E-state index in [1.807, 2.05) is 0 Å². The summed E-state index contributed by atoms with van der Waals surface area (Å²) in [6, 6.07) is 0. The molecule has 1 saturated carbocycles. The van der Waals surface area contributed by atoms with Gasteiger partial charge in [0, 0.05) is 6.42 Å². The quantitative estimate of drug-likeness (QED) is 0.427. The van der Waals surface area contributed by atoms with Gasteiger partial charge >= 0.3 is 5.97 Å². The molecule has 2 rings (SSSR count). The van der Waals surface area contributed by atoms with E-state index in [9.17, 15) is 4.79 Å². The van der Waals surface area contributed by atoms with Gasteiger partial charge in [0.05, 0.1) is 6.61 Å². The molecule has 0 aromatic heterocycles. The Bertz CT molecular complexity index is 314. The van der Waals surface area contributed by atoms with Crippen LogP contribution in [0.4, 0.5) is 0 Å². The van der Waals surface area contributed by atoms with E-state index >= 15 is 0 Å². The van der Waals surface area contributed by atoms with E-state index in [2.05, 4.69) is 25.7 Å². The SMILES string of the molecule is CCC.CCCCCOC(=O)CCCN1CCC2(CCCC2)CC1. The van der Waals surface area contributed by atoms with Crippen LogP contribution in [0.3, 0.4) is 0 Å². The van der Waals surface area contributed by atoms with Crippen molar-refractivity contribution in [2.24, 2.45) is 5.41 Å². The third-order valence-corrected chi connectivity index (χ3v) is 5.45. The third-order valence-electron chi connectivity index (χ3n) is 5.45. The molecule has 0 N–H and O–H groups in total. The van der Waals surface area contributed by atoms with Gasteiger partial charge in [0.15, 0.2) is 0 Å². The van der Waals surface area contributed by atoms with Gasteiger partial charge in [-0.25, -0.2) is 0 Å². The lowest BCUT2D eigenvalue weighted by Crippen LogP contribution is -2.39. The van der Waals surface area contributed by atoms with E-state index in [0.29, 0.717) is 18.4 Å². The first-order valence-corrected chi connectivity index (χ1v) is 10.5. The lowest BCUT2D eigenvalue weighted by atomic mass is 9.77. The second-order valence-corrected chi connectivity index (χ2v) is 7.79. The summed E-state index contributed by atoms with van der Waals surface area (Å²) < 4.78 is 5.25. The summed E-state index contributed by atoms with van der Waals surface area (Å²) in [5.74, 6) is -0.00428. The maximum atomic E-state index is 11.6. The number of esters is 1. The molecule has 0 unspecified atom stereocenters. The molecule has 3 heteroatoms. The Kier molecular flexibility index (Phi) is 11.4. The van der Waals surface area contributed by atoms with Crippen LogP contribution in [0, 0.1) is 5.41 Å². The Morgan fingerprint density at radius 1 is 0.958 bits per heavy atom. The number of piperidine rings is 1. The van der Waals surface area contributed by atoms with Crippen LogP contribution in [-0.4, -0.2) is 37.1 Å². The molecule has 1 heterocycles. The van der Waals surface area contributed by atoms with E-state index in [4.69, 9.17) is 4.74 Å². The number of carbonyl (C=O) groups excluding carboxylic acids is 1. The molecule has 142 valence electrons. The van der Waals surface area contributed by atoms with E-state index < -0.39 is 0 Å². The summed E-state index contributed by atoms with van der Waals surface area (Å²) in [5, 5.41) is 0. The lowest BCUT2D eigenvalue weighted by molar-refractivity contribution is -0.144. The molecule has 2 fully saturated rings. The zero-order chi connectivity index (χ0) is 17.7. The van der Waals surface area contributed by atoms with Crippen molar-refractivity contribution >= 4 is 5.97 Å². The summed E-state index contributed by atoms with van der Waals surface area (Å²) in [5.41, 5.74) is 0.703. The highest BCUT2D eigenvalue weighted by molar-refractivity contribution is 5.69. The summed E-state index contributed by atoms with van der Waals surface area (Å²) in [6.45, 7) is 10.6. The molecule has 0 aromatic carbocycles. The van der Waals surface area contributed by atoms with E-state index in [0.717, 1.165) is 25.8 Å². The molecule has 3 nitrogen and oxygen atoms in total. The maximum Gasteiger partial charge on any atom is 0.305 e. The first kappa shape index (κ1) is 21.5. The fourth-order valence-corrected chi connectivity index (χ4v) is 3.93. The highest BCUT2D eigenvalue weighted by atomic mass is 16.5. The first-order valence-electron chi connectivity index (χ1n) is 10.5. The average Bonchev–Trinajstić information content (AvgIpc) is 3.03. The van der Waals surface area contributed by atoms with Crippen LogP contribution < -0.4 is 0 Å². The summed E-state index contributed by atoms with van der Waals surface area (Å²) >= 11 is 0. The monoisotopic (exact) mass is 339 g/mol. The average molecular weight is 340 g/mol. The number of rotatable bonds is 8. The van der Waals surface area contributed by atoms with Crippen molar-refractivity contribution in [2.45, 2.75) is 97.8 Å². The standard InChI is InChI=1S/C18H33NO2.C3H8/c1-2-3-6-16-21-17(20)8-7-13-19-14-11-18(12-15-19)9-4-5-10-18;1-3-2/h2-16H2,1H3;3H2,1-2H3. The molecule has 0 radical (unpaired) electrons. The van der Waals surface area contributed by atoms with Gasteiger partial charge in [-0.05, 0) is 63.6 Å². The topological polar surface area (TPSA) is 29.5 Å². The van der Waals surface area contributed by atoms with Crippen molar-refractivity contribution in [2.75, 3.05) is 26.2 Å². The Morgan fingerprint density at radius 3 is 2.17 bits per heavy atom. The Labute approximate surface area is 150 Å². The molecule has 2 aliphatic rings. The molecule has 1 aliphatic heterocycles. The number of carbonyl (C=O) groups is 1. The van der Waals surface area contributed by atoms with Gasteiger partial charge in [0.25, 0.3) is 0 Å². The van der Waals surface area contributed by atoms with Crippen molar-refractivity contribution in [3.8, 4) is 0 Å². The molecule has 0 aromatic rings. The minimum absolute atomic E-state index is 0.00428. The molecular weight excluding hydrogens is 298 g/mol. The fourth-order valence-electron chi connectivity index (χ4n) is 3.93. The van der Waals surface area contributed by atoms with Crippen molar-refractivity contribution in [3.63, 3.8) is 0 Å². The van der Waals surface area contributed by atoms with Crippen molar-refractivity contribution in [1.82, 2.24) is 4.90 Å². The Hall–Kier alpha value is -0.570. The maximum absolute atomic E-state index is 11.6. The second kappa shape index (κ2) is 12.7. The molecule has 0 amide bonds. The molecule has 1 spiro atoms. The van der Waals surface area contributed by atoms with Gasteiger partial charge < -0.3 is 9.64 Å². The number of unbranched alkanes of at least 4 members (excludes halogenated alkanes) is 2. The van der Waals surface area contributed by atoms with Gasteiger partial charge in [-0.15, -0.1) is 0 Å². The molecule has 1 saturated heterocycles. The Balaban J connectivity index is 0.000000891. The highest BCUT2D eigenvalue weighted by Gasteiger charge is 2.36. The summed E-state index contributed by atoms with van der Waals surface area (Å²) in [6.07, 6.45) is 14.7. The zero-order valence-corrected chi connectivity index (χ0v) is 16.6. The van der Waals surface area contributed by atoms with Crippen LogP contribution in [-0.2, 0) is 9.53 Å². The van der Waals surface area contributed by atoms with E-state index in [1.54, 1.807) is 0 Å². The van der Waals surface area contributed by atoms with Crippen molar-refractivity contribution in [3.05, 3.63) is 0 Å². The van der Waals surface area contributed by atoms with E-state index in [1.165, 1.54) is 64.5 Å². The van der Waals surface area contributed by atoms with Crippen LogP contribution in [0.25, 0.3) is 0 Å². The number of hydrogen-bond acceptors (Lipinski definition) is 3. The number of ether oxygens (including phenoxy) is 1. The van der Waals surface area contributed by atoms with Gasteiger partial charge in [-0.3, -0.25) is 4.79 Å². The minimum Gasteiger partial charge on any atom is -0.466 e. The molecule has 24 heavy (non-hydrogen) atoms. The van der Waals surface area contributed by atoms with Crippen LogP contribution in [0.5, 0.6) is 0 Å². The van der Waals surface area contributed by atoms with Gasteiger partial charge in [-0.1, -0.05) is 52.9 Å². The first-order chi connectivity index (χ1) is 11.7.